The number of piperazine rings is 1. The topological polar surface area (TPSA) is 33.1 Å². The van der Waals surface area contributed by atoms with Gasteiger partial charge in [-0.3, -0.25) is 9.58 Å². The summed E-state index contributed by atoms with van der Waals surface area (Å²) in [6.45, 7) is 11.9. The van der Waals surface area contributed by atoms with Crippen LogP contribution in [0.2, 0.25) is 0 Å². The summed E-state index contributed by atoms with van der Waals surface area (Å²) in [7, 11) is 2.02. The summed E-state index contributed by atoms with van der Waals surface area (Å²) in [5.41, 5.74) is 2.51. The number of aromatic nitrogens is 2. The summed E-state index contributed by atoms with van der Waals surface area (Å²) in [5, 5.41) is 8.05. The van der Waals surface area contributed by atoms with Gasteiger partial charge in [-0.15, -0.1) is 0 Å². The Morgan fingerprint density at radius 1 is 1.50 bits per heavy atom. The molecule has 0 aliphatic carbocycles. The van der Waals surface area contributed by atoms with Gasteiger partial charge in [0.15, 0.2) is 0 Å². The summed E-state index contributed by atoms with van der Waals surface area (Å²) < 4.78 is 3.13. The first kappa shape index (κ1) is 14.0. The zero-order chi connectivity index (χ0) is 13.5. The van der Waals surface area contributed by atoms with Crippen LogP contribution in [0.15, 0.2) is 4.47 Å². The molecule has 1 N–H and O–H groups in total. The summed E-state index contributed by atoms with van der Waals surface area (Å²) in [6.07, 6.45) is 0. The number of rotatable bonds is 2. The van der Waals surface area contributed by atoms with Gasteiger partial charge in [0.2, 0.25) is 0 Å². The summed E-state index contributed by atoms with van der Waals surface area (Å²) >= 11 is 3.65. The molecule has 5 heteroatoms. The van der Waals surface area contributed by atoms with Crippen molar-refractivity contribution in [2.75, 3.05) is 13.1 Å². The monoisotopic (exact) mass is 314 g/mol. The first-order valence-electron chi connectivity index (χ1n) is 6.47. The van der Waals surface area contributed by atoms with E-state index in [1.807, 2.05) is 18.7 Å². The predicted octanol–water partition coefficient (Wildman–Crippen LogP) is 2.06. The maximum atomic E-state index is 4.46. The molecule has 0 radical (unpaired) electrons. The van der Waals surface area contributed by atoms with Gasteiger partial charge in [0, 0.05) is 38.3 Å². The fourth-order valence-electron chi connectivity index (χ4n) is 2.53. The van der Waals surface area contributed by atoms with E-state index in [0.29, 0.717) is 6.04 Å². The van der Waals surface area contributed by atoms with Gasteiger partial charge < -0.3 is 5.32 Å². The number of nitrogens with one attached hydrogen (secondary N) is 1. The van der Waals surface area contributed by atoms with E-state index >= 15 is 0 Å². The maximum absolute atomic E-state index is 4.46. The van der Waals surface area contributed by atoms with Crippen molar-refractivity contribution in [1.82, 2.24) is 20.0 Å². The van der Waals surface area contributed by atoms with E-state index in [1.54, 1.807) is 0 Å². The molecule has 0 bridgehead atoms. The van der Waals surface area contributed by atoms with Crippen LogP contribution >= 0.6 is 15.9 Å². The van der Waals surface area contributed by atoms with Gasteiger partial charge >= 0.3 is 0 Å². The van der Waals surface area contributed by atoms with E-state index < -0.39 is 0 Å². The molecular weight excluding hydrogens is 292 g/mol. The van der Waals surface area contributed by atoms with Crippen molar-refractivity contribution in [1.29, 1.82) is 0 Å². The molecule has 1 atom stereocenters. The van der Waals surface area contributed by atoms with Crippen molar-refractivity contribution in [2.45, 2.75) is 45.8 Å². The molecule has 0 amide bonds. The Bertz CT molecular complexity index is 438. The lowest BCUT2D eigenvalue weighted by atomic mass is 9.99. The van der Waals surface area contributed by atoms with Gasteiger partial charge in [0.25, 0.3) is 0 Å². The third kappa shape index (κ3) is 2.78. The molecule has 0 aromatic carbocycles. The van der Waals surface area contributed by atoms with Crippen LogP contribution in [0, 0.1) is 6.92 Å². The van der Waals surface area contributed by atoms with Crippen LogP contribution in [0.5, 0.6) is 0 Å². The van der Waals surface area contributed by atoms with E-state index in [0.717, 1.165) is 29.8 Å². The molecule has 1 saturated heterocycles. The van der Waals surface area contributed by atoms with E-state index in [1.165, 1.54) is 5.69 Å². The van der Waals surface area contributed by atoms with Gasteiger partial charge in [-0.2, -0.15) is 5.10 Å². The molecule has 0 saturated carbocycles. The number of hydrogen-bond donors (Lipinski definition) is 1. The van der Waals surface area contributed by atoms with Crippen molar-refractivity contribution < 1.29 is 0 Å². The van der Waals surface area contributed by atoms with E-state index in [9.17, 15) is 0 Å². The molecular formula is C13H23BrN4. The zero-order valence-corrected chi connectivity index (χ0v) is 13.5. The standard InChI is InChI=1S/C13H23BrN4/c1-9-6-15-13(3,4)8-18(9)7-11-12(14)10(2)16-17(11)5/h9,15H,6-8H2,1-5H3. The lowest BCUT2D eigenvalue weighted by Crippen LogP contribution is -2.60. The SMILES string of the molecule is Cc1nn(C)c(CN2CC(C)(C)NCC2C)c1Br. The van der Waals surface area contributed by atoms with Crippen LogP contribution in [0.25, 0.3) is 0 Å². The zero-order valence-electron chi connectivity index (χ0n) is 11.9. The number of halogens is 1. The largest absolute Gasteiger partial charge is 0.309 e. The Balaban J connectivity index is 2.17. The van der Waals surface area contributed by atoms with Crippen LogP contribution in [-0.4, -0.2) is 39.4 Å². The molecule has 18 heavy (non-hydrogen) atoms. The second kappa shape index (κ2) is 4.94. The molecule has 1 aliphatic rings. The fraction of sp³-hybridized carbons (Fsp3) is 0.769. The van der Waals surface area contributed by atoms with Crippen molar-refractivity contribution >= 4 is 15.9 Å². The van der Waals surface area contributed by atoms with Crippen LogP contribution < -0.4 is 5.32 Å². The summed E-state index contributed by atoms with van der Waals surface area (Å²) in [6, 6.07) is 0.556. The predicted molar refractivity (Wildman–Crippen MR) is 77.6 cm³/mol. The minimum absolute atomic E-state index is 0.187. The van der Waals surface area contributed by atoms with Crippen molar-refractivity contribution in [3.8, 4) is 0 Å². The molecule has 4 nitrogen and oxygen atoms in total. The van der Waals surface area contributed by atoms with Gasteiger partial charge in [-0.1, -0.05) is 0 Å². The molecule has 1 unspecified atom stereocenters. The quantitative estimate of drug-likeness (QED) is 0.907. The van der Waals surface area contributed by atoms with Gasteiger partial charge in [0.1, 0.15) is 0 Å². The lowest BCUT2D eigenvalue weighted by molar-refractivity contribution is 0.0951. The highest BCUT2D eigenvalue weighted by Crippen LogP contribution is 2.24. The average molecular weight is 315 g/mol. The summed E-state index contributed by atoms with van der Waals surface area (Å²) in [4.78, 5) is 2.53. The van der Waals surface area contributed by atoms with Crippen molar-refractivity contribution in [3.05, 3.63) is 15.9 Å². The maximum Gasteiger partial charge on any atom is 0.0739 e. The van der Waals surface area contributed by atoms with Gasteiger partial charge in [-0.25, -0.2) is 0 Å². The summed E-state index contributed by atoms with van der Waals surface area (Å²) in [5.74, 6) is 0. The minimum Gasteiger partial charge on any atom is -0.309 e. The highest BCUT2D eigenvalue weighted by molar-refractivity contribution is 9.10. The Hall–Kier alpha value is -0.390. The second-order valence-electron chi connectivity index (χ2n) is 5.99. The molecule has 1 aliphatic heterocycles. The fourth-order valence-corrected chi connectivity index (χ4v) is 2.99. The number of nitrogens with zero attached hydrogens (tertiary/aromatic N) is 3. The van der Waals surface area contributed by atoms with Gasteiger partial charge in [0.05, 0.1) is 15.9 Å². The lowest BCUT2D eigenvalue weighted by Gasteiger charge is -2.43. The van der Waals surface area contributed by atoms with Crippen LogP contribution in [0.1, 0.15) is 32.2 Å². The average Bonchev–Trinajstić information content (AvgIpc) is 2.50. The highest BCUT2D eigenvalue weighted by atomic mass is 79.9. The molecule has 0 spiro atoms. The third-order valence-electron chi connectivity index (χ3n) is 3.71. The van der Waals surface area contributed by atoms with E-state index in [4.69, 9.17) is 0 Å². The van der Waals surface area contributed by atoms with Crippen molar-refractivity contribution in [2.24, 2.45) is 7.05 Å². The smallest absolute Gasteiger partial charge is 0.0739 e. The number of hydrogen-bond acceptors (Lipinski definition) is 3. The Labute approximate surface area is 118 Å². The first-order valence-corrected chi connectivity index (χ1v) is 7.26. The highest BCUT2D eigenvalue weighted by Gasteiger charge is 2.31. The molecule has 102 valence electrons. The Morgan fingerprint density at radius 2 is 2.17 bits per heavy atom. The van der Waals surface area contributed by atoms with Crippen LogP contribution in [0.4, 0.5) is 0 Å². The van der Waals surface area contributed by atoms with Gasteiger partial charge in [-0.05, 0) is 43.6 Å². The second-order valence-corrected chi connectivity index (χ2v) is 6.78. The normalized spacial score (nSPS) is 24.4. The van der Waals surface area contributed by atoms with Crippen LogP contribution in [-0.2, 0) is 13.6 Å². The van der Waals surface area contributed by atoms with Crippen molar-refractivity contribution in [3.63, 3.8) is 0 Å². The molecule has 2 heterocycles. The van der Waals surface area contributed by atoms with E-state index in [-0.39, 0.29) is 5.54 Å². The third-order valence-corrected chi connectivity index (χ3v) is 4.74. The Kier molecular flexibility index (Phi) is 3.85. The molecule has 1 aromatic rings. The Morgan fingerprint density at radius 3 is 2.72 bits per heavy atom. The molecule has 2 rings (SSSR count). The number of aryl methyl sites for hydroxylation is 2. The van der Waals surface area contributed by atoms with E-state index in [2.05, 4.69) is 52.0 Å². The minimum atomic E-state index is 0.187. The first-order chi connectivity index (χ1) is 8.30. The molecule has 1 aromatic heterocycles. The van der Waals surface area contributed by atoms with Crippen LogP contribution in [0.3, 0.4) is 0 Å². The molecule has 1 fully saturated rings.